The molecule has 0 radical (unpaired) electrons. The zero-order valence-corrected chi connectivity index (χ0v) is 17.9. The molecule has 0 bridgehead atoms. The van der Waals surface area contributed by atoms with Crippen molar-refractivity contribution in [3.63, 3.8) is 0 Å². The molecule has 0 aromatic heterocycles. The Bertz CT molecular complexity index is 899. The van der Waals surface area contributed by atoms with Gasteiger partial charge in [0.25, 0.3) is 0 Å². The van der Waals surface area contributed by atoms with Gasteiger partial charge in [-0.1, -0.05) is 30.2 Å². The standard InChI is InChI=1S/C26H28ClF3/c1-2-3-4-16-5-6-18-12-19(8-7-17(18)11-16)21-14-24(29)26(25(30)15-21)20-9-10-22(27)23(28)13-20/h2,9-10,13-19H,1,3-8,11-12H2. The fraction of sp³-hybridized carbons (Fsp3) is 0.462. The zero-order chi connectivity index (χ0) is 21.3. The lowest BCUT2D eigenvalue weighted by Gasteiger charge is -2.42. The third-order valence-corrected chi connectivity index (χ3v) is 7.55. The van der Waals surface area contributed by atoms with Gasteiger partial charge in [-0.25, -0.2) is 13.2 Å². The van der Waals surface area contributed by atoms with Crippen LogP contribution in [0.1, 0.15) is 62.8 Å². The number of hydrogen-bond acceptors (Lipinski definition) is 0. The number of rotatable bonds is 5. The van der Waals surface area contributed by atoms with E-state index in [1.54, 1.807) is 0 Å². The van der Waals surface area contributed by atoms with Crippen molar-refractivity contribution in [2.75, 3.05) is 0 Å². The van der Waals surface area contributed by atoms with Crippen LogP contribution >= 0.6 is 11.6 Å². The predicted molar refractivity (Wildman–Crippen MR) is 117 cm³/mol. The third kappa shape index (κ3) is 4.46. The van der Waals surface area contributed by atoms with Crippen LogP contribution in [0.5, 0.6) is 0 Å². The summed E-state index contributed by atoms with van der Waals surface area (Å²) in [6.07, 6.45) is 11.2. The third-order valence-electron chi connectivity index (χ3n) is 7.24. The average Bonchev–Trinajstić information content (AvgIpc) is 2.73. The van der Waals surface area contributed by atoms with Gasteiger partial charge in [0, 0.05) is 0 Å². The van der Waals surface area contributed by atoms with Crippen molar-refractivity contribution in [3.8, 4) is 11.1 Å². The van der Waals surface area contributed by atoms with Crippen LogP contribution in [0.3, 0.4) is 0 Å². The molecule has 160 valence electrons. The van der Waals surface area contributed by atoms with E-state index in [1.165, 1.54) is 49.9 Å². The lowest BCUT2D eigenvalue weighted by molar-refractivity contribution is 0.115. The second kappa shape index (κ2) is 9.18. The maximum absolute atomic E-state index is 14.9. The Morgan fingerprint density at radius 3 is 2.30 bits per heavy atom. The molecule has 2 fully saturated rings. The van der Waals surface area contributed by atoms with Crippen molar-refractivity contribution in [2.24, 2.45) is 17.8 Å². The van der Waals surface area contributed by atoms with Crippen LogP contribution in [-0.2, 0) is 0 Å². The van der Waals surface area contributed by atoms with Crippen molar-refractivity contribution >= 4 is 11.6 Å². The lowest BCUT2D eigenvalue weighted by atomic mass is 9.63. The van der Waals surface area contributed by atoms with Gasteiger partial charge in [-0.15, -0.1) is 6.58 Å². The highest BCUT2D eigenvalue weighted by molar-refractivity contribution is 6.30. The van der Waals surface area contributed by atoms with E-state index in [0.717, 1.165) is 49.1 Å². The molecular weight excluding hydrogens is 405 g/mol. The fourth-order valence-corrected chi connectivity index (χ4v) is 5.78. The van der Waals surface area contributed by atoms with Crippen molar-refractivity contribution in [1.29, 1.82) is 0 Å². The van der Waals surface area contributed by atoms with E-state index in [4.69, 9.17) is 11.6 Å². The molecule has 0 saturated heterocycles. The summed E-state index contributed by atoms with van der Waals surface area (Å²) >= 11 is 5.70. The first-order valence-electron chi connectivity index (χ1n) is 11.0. The van der Waals surface area contributed by atoms with Gasteiger partial charge in [0.15, 0.2) is 0 Å². The molecule has 2 aliphatic carbocycles. The Hall–Kier alpha value is -1.74. The molecule has 2 aromatic rings. The number of fused-ring (bicyclic) bond motifs is 1. The number of benzene rings is 2. The Balaban J connectivity index is 1.49. The van der Waals surface area contributed by atoms with E-state index in [-0.39, 0.29) is 22.1 Å². The van der Waals surface area contributed by atoms with Crippen LogP contribution in [0, 0.1) is 35.2 Å². The van der Waals surface area contributed by atoms with Crippen LogP contribution in [0.4, 0.5) is 13.2 Å². The largest absolute Gasteiger partial charge is 0.206 e. The van der Waals surface area contributed by atoms with Gasteiger partial charge < -0.3 is 0 Å². The highest BCUT2D eigenvalue weighted by Crippen LogP contribution is 2.48. The van der Waals surface area contributed by atoms with Gasteiger partial charge in [0.05, 0.1) is 10.6 Å². The minimum absolute atomic E-state index is 0.0628. The van der Waals surface area contributed by atoms with Gasteiger partial charge in [-0.05, 0) is 104 Å². The summed E-state index contributed by atoms with van der Waals surface area (Å²) in [7, 11) is 0. The molecule has 4 unspecified atom stereocenters. The molecule has 4 rings (SSSR count). The van der Waals surface area contributed by atoms with Crippen molar-refractivity contribution in [3.05, 3.63) is 71.0 Å². The molecule has 2 aromatic carbocycles. The fourth-order valence-electron chi connectivity index (χ4n) is 5.66. The highest BCUT2D eigenvalue weighted by Gasteiger charge is 2.36. The number of hydrogen-bond donors (Lipinski definition) is 0. The number of halogens is 4. The predicted octanol–water partition coefficient (Wildman–Crippen LogP) is 8.69. The molecule has 2 saturated carbocycles. The Morgan fingerprint density at radius 1 is 0.900 bits per heavy atom. The second-order valence-electron chi connectivity index (χ2n) is 9.06. The molecule has 4 heteroatoms. The molecule has 30 heavy (non-hydrogen) atoms. The summed E-state index contributed by atoms with van der Waals surface area (Å²) in [6, 6.07) is 6.76. The van der Waals surface area contributed by atoms with Crippen molar-refractivity contribution in [2.45, 2.75) is 57.3 Å². The molecular formula is C26H28ClF3. The summed E-state index contributed by atoms with van der Waals surface area (Å²) in [4.78, 5) is 0. The molecule has 0 heterocycles. The summed E-state index contributed by atoms with van der Waals surface area (Å²) in [6.45, 7) is 3.83. The summed E-state index contributed by atoms with van der Waals surface area (Å²) in [5.41, 5.74) is 0.709. The van der Waals surface area contributed by atoms with Gasteiger partial charge in [-0.3, -0.25) is 0 Å². The van der Waals surface area contributed by atoms with Crippen LogP contribution in [0.2, 0.25) is 5.02 Å². The first-order valence-corrected chi connectivity index (χ1v) is 11.4. The Labute approximate surface area is 182 Å². The smallest absolute Gasteiger partial charge is 0.142 e. The Kier molecular flexibility index (Phi) is 6.57. The molecule has 4 atom stereocenters. The van der Waals surface area contributed by atoms with E-state index < -0.39 is 17.5 Å². The first kappa shape index (κ1) is 21.5. The average molecular weight is 433 g/mol. The van der Waals surface area contributed by atoms with Crippen molar-refractivity contribution in [1.82, 2.24) is 0 Å². The van der Waals surface area contributed by atoms with E-state index in [1.807, 2.05) is 6.08 Å². The molecule has 0 spiro atoms. The van der Waals surface area contributed by atoms with Gasteiger partial charge in [0.1, 0.15) is 17.5 Å². The summed E-state index contributed by atoms with van der Waals surface area (Å²) in [5.74, 6) is 0.435. The quantitative estimate of drug-likeness (QED) is 0.414. The SMILES string of the molecule is C=CCCC1CCC2CC(c3cc(F)c(-c4ccc(Cl)c(F)c4)c(F)c3)CCC2C1. The summed E-state index contributed by atoms with van der Waals surface area (Å²) in [5, 5.41) is -0.0628. The van der Waals surface area contributed by atoms with E-state index >= 15 is 0 Å². The second-order valence-corrected chi connectivity index (χ2v) is 9.47. The maximum atomic E-state index is 14.9. The van der Waals surface area contributed by atoms with Crippen LogP contribution in [-0.4, -0.2) is 0 Å². The van der Waals surface area contributed by atoms with Gasteiger partial charge in [-0.2, -0.15) is 0 Å². The van der Waals surface area contributed by atoms with Crippen molar-refractivity contribution < 1.29 is 13.2 Å². The highest BCUT2D eigenvalue weighted by atomic mass is 35.5. The van der Waals surface area contributed by atoms with Crippen LogP contribution < -0.4 is 0 Å². The molecule has 0 amide bonds. The van der Waals surface area contributed by atoms with E-state index in [0.29, 0.717) is 5.92 Å². The molecule has 0 nitrogen and oxygen atoms in total. The minimum Gasteiger partial charge on any atom is -0.206 e. The summed E-state index contributed by atoms with van der Waals surface area (Å²) < 4.78 is 43.5. The monoisotopic (exact) mass is 432 g/mol. The normalized spacial score (nSPS) is 26.3. The minimum atomic E-state index is -0.681. The first-order chi connectivity index (χ1) is 14.5. The van der Waals surface area contributed by atoms with Crippen LogP contribution in [0.25, 0.3) is 11.1 Å². The maximum Gasteiger partial charge on any atom is 0.142 e. The van der Waals surface area contributed by atoms with Gasteiger partial charge in [0.2, 0.25) is 0 Å². The lowest BCUT2D eigenvalue weighted by Crippen LogP contribution is -2.30. The Morgan fingerprint density at radius 2 is 1.60 bits per heavy atom. The molecule has 2 aliphatic rings. The topological polar surface area (TPSA) is 0 Å². The van der Waals surface area contributed by atoms with E-state index in [2.05, 4.69) is 6.58 Å². The van der Waals surface area contributed by atoms with Crippen LogP contribution in [0.15, 0.2) is 43.0 Å². The van der Waals surface area contributed by atoms with E-state index in [9.17, 15) is 13.2 Å². The molecule has 0 N–H and O–H groups in total. The number of allylic oxidation sites excluding steroid dienone is 1. The van der Waals surface area contributed by atoms with Gasteiger partial charge >= 0.3 is 0 Å². The zero-order valence-electron chi connectivity index (χ0n) is 17.1. The molecule has 0 aliphatic heterocycles.